The van der Waals surface area contributed by atoms with Gasteiger partial charge in [-0.1, -0.05) is 42.5 Å². The molecule has 1 atom stereocenters. The monoisotopic (exact) mass is 319 g/mol. The van der Waals surface area contributed by atoms with E-state index >= 15 is 0 Å². The molecule has 0 bridgehead atoms. The van der Waals surface area contributed by atoms with Gasteiger partial charge in [-0.25, -0.2) is 0 Å². The Morgan fingerprint density at radius 1 is 0.875 bits per heavy atom. The Kier molecular flexibility index (Phi) is 4.24. The van der Waals surface area contributed by atoms with Crippen molar-refractivity contribution in [2.24, 2.45) is 5.92 Å². The number of hydrogen-bond acceptors (Lipinski definition) is 2. The Balaban J connectivity index is 1.37. The van der Waals surface area contributed by atoms with Crippen LogP contribution in [0, 0.1) is 12.3 Å². The zero-order chi connectivity index (χ0) is 16.4. The molecule has 0 spiro atoms. The van der Waals surface area contributed by atoms with Gasteiger partial charge in [0.25, 0.3) is 0 Å². The zero-order valence-corrected chi connectivity index (χ0v) is 13.9. The number of carbonyl (C=O) groups excluding carboxylic acids is 1. The first kappa shape index (κ1) is 15.3. The molecule has 0 N–H and O–H groups in total. The Labute approximate surface area is 143 Å². The summed E-state index contributed by atoms with van der Waals surface area (Å²) in [6.45, 7) is 3.47. The molecule has 1 unspecified atom stereocenters. The van der Waals surface area contributed by atoms with Crippen LogP contribution in [0.1, 0.15) is 17.5 Å². The molecule has 24 heavy (non-hydrogen) atoms. The number of hydrogen-bond donors (Lipinski definition) is 0. The first-order chi connectivity index (χ1) is 11.8. The third-order valence-electron chi connectivity index (χ3n) is 5.19. The van der Waals surface area contributed by atoms with E-state index in [1.165, 1.54) is 16.8 Å². The van der Waals surface area contributed by atoms with Crippen molar-refractivity contribution >= 4 is 11.6 Å². The van der Waals surface area contributed by atoms with Crippen molar-refractivity contribution in [2.75, 3.05) is 31.1 Å². The summed E-state index contributed by atoms with van der Waals surface area (Å²) in [6.07, 6.45) is 4.12. The molecule has 0 saturated carbocycles. The predicted molar refractivity (Wildman–Crippen MR) is 96.9 cm³/mol. The maximum Gasteiger partial charge on any atom is 0.226 e. The Hall–Kier alpha value is -2.29. The highest BCUT2D eigenvalue weighted by molar-refractivity contribution is 5.81. The second-order valence-corrected chi connectivity index (χ2v) is 6.66. The molecule has 1 amide bonds. The van der Waals surface area contributed by atoms with Crippen LogP contribution in [-0.2, 0) is 11.2 Å². The summed E-state index contributed by atoms with van der Waals surface area (Å²) in [5, 5.41) is 0. The van der Waals surface area contributed by atoms with Crippen LogP contribution in [0.3, 0.4) is 0 Å². The molecule has 0 aromatic heterocycles. The Bertz CT molecular complexity index is 705. The summed E-state index contributed by atoms with van der Waals surface area (Å²) in [5.74, 6) is 0.348. The van der Waals surface area contributed by atoms with Crippen LogP contribution in [0.15, 0.2) is 54.6 Å². The quantitative estimate of drug-likeness (QED) is 0.849. The minimum atomic E-state index is 0.0446. The minimum absolute atomic E-state index is 0.0446. The lowest BCUT2D eigenvalue weighted by Crippen LogP contribution is -2.50. The van der Waals surface area contributed by atoms with Gasteiger partial charge in [0.1, 0.15) is 0 Å². The maximum absolute atomic E-state index is 12.9. The first-order valence-corrected chi connectivity index (χ1v) is 8.83. The molecule has 4 rings (SSSR count). The lowest BCUT2D eigenvalue weighted by Gasteiger charge is -2.38. The largest absolute Gasteiger partial charge is 0.368 e. The predicted octanol–water partition coefficient (Wildman–Crippen LogP) is 3.15. The maximum atomic E-state index is 12.9. The summed E-state index contributed by atoms with van der Waals surface area (Å²) < 4.78 is 0. The van der Waals surface area contributed by atoms with Crippen molar-refractivity contribution < 1.29 is 4.79 Å². The van der Waals surface area contributed by atoms with E-state index in [-0.39, 0.29) is 5.92 Å². The Morgan fingerprint density at radius 2 is 1.58 bits per heavy atom. The highest BCUT2D eigenvalue weighted by atomic mass is 16.2. The van der Waals surface area contributed by atoms with E-state index < -0.39 is 0 Å². The molecule has 1 aliphatic heterocycles. The molecule has 1 fully saturated rings. The average Bonchev–Trinajstić information content (AvgIpc) is 2.68. The molecule has 3 heteroatoms. The van der Waals surface area contributed by atoms with Gasteiger partial charge in [0.2, 0.25) is 5.91 Å². The van der Waals surface area contributed by atoms with Crippen molar-refractivity contribution in [2.45, 2.75) is 12.8 Å². The number of benzene rings is 2. The fourth-order valence-electron chi connectivity index (χ4n) is 3.79. The number of piperazine rings is 1. The van der Waals surface area contributed by atoms with Crippen LogP contribution in [0.4, 0.5) is 5.69 Å². The van der Waals surface area contributed by atoms with Gasteiger partial charge in [-0.05, 0) is 36.1 Å². The molecule has 2 aliphatic rings. The second kappa shape index (κ2) is 6.68. The number of anilines is 1. The van der Waals surface area contributed by atoms with Crippen molar-refractivity contribution in [1.29, 1.82) is 0 Å². The minimum Gasteiger partial charge on any atom is -0.368 e. The first-order valence-electron chi connectivity index (χ1n) is 8.83. The topological polar surface area (TPSA) is 23.6 Å². The van der Waals surface area contributed by atoms with E-state index in [0.29, 0.717) is 5.91 Å². The van der Waals surface area contributed by atoms with Crippen molar-refractivity contribution in [1.82, 2.24) is 4.90 Å². The van der Waals surface area contributed by atoms with Gasteiger partial charge in [0.05, 0.1) is 0 Å². The number of aryl methyl sites for hydroxylation is 1. The second-order valence-electron chi connectivity index (χ2n) is 6.66. The van der Waals surface area contributed by atoms with Crippen LogP contribution >= 0.6 is 0 Å². The van der Waals surface area contributed by atoms with Gasteiger partial charge >= 0.3 is 0 Å². The van der Waals surface area contributed by atoms with E-state index in [2.05, 4.69) is 64.8 Å². The third-order valence-corrected chi connectivity index (χ3v) is 5.19. The van der Waals surface area contributed by atoms with Crippen LogP contribution in [-0.4, -0.2) is 37.0 Å². The normalized spacial score (nSPS) is 20.6. The lowest BCUT2D eigenvalue weighted by atomic mass is 9.83. The van der Waals surface area contributed by atoms with Gasteiger partial charge in [0.15, 0.2) is 0 Å². The molecule has 1 heterocycles. The molecule has 1 saturated heterocycles. The van der Waals surface area contributed by atoms with Crippen LogP contribution < -0.4 is 4.90 Å². The van der Waals surface area contributed by atoms with Gasteiger partial charge in [-0.15, -0.1) is 0 Å². The summed E-state index contributed by atoms with van der Waals surface area (Å²) >= 11 is 0. The molecular formula is C21H23N2O. The van der Waals surface area contributed by atoms with Crippen molar-refractivity contribution in [3.05, 3.63) is 72.1 Å². The van der Waals surface area contributed by atoms with E-state index in [9.17, 15) is 4.79 Å². The van der Waals surface area contributed by atoms with E-state index in [1.807, 2.05) is 6.07 Å². The van der Waals surface area contributed by atoms with E-state index in [1.54, 1.807) is 0 Å². The number of amides is 1. The summed E-state index contributed by atoms with van der Waals surface area (Å²) in [5.41, 5.74) is 3.86. The molecule has 1 aliphatic carbocycles. The van der Waals surface area contributed by atoms with E-state index in [0.717, 1.165) is 39.0 Å². The fraction of sp³-hybridized carbons (Fsp3) is 0.333. The number of rotatable bonds is 2. The Morgan fingerprint density at radius 3 is 2.38 bits per heavy atom. The number of nitrogens with zero attached hydrogens (tertiary/aromatic N) is 2. The summed E-state index contributed by atoms with van der Waals surface area (Å²) in [7, 11) is 0. The number of para-hydroxylation sites is 1. The van der Waals surface area contributed by atoms with Gasteiger partial charge in [-0.2, -0.15) is 0 Å². The van der Waals surface area contributed by atoms with Crippen LogP contribution in [0.25, 0.3) is 0 Å². The van der Waals surface area contributed by atoms with Crippen molar-refractivity contribution in [3.63, 3.8) is 0 Å². The van der Waals surface area contributed by atoms with E-state index in [4.69, 9.17) is 0 Å². The smallest absolute Gasteiger partial charge is 0.226 e. The lowest BCUT2D eigenvalue weighted by molar-refractivity contribution is -0.135. The van der Waals surface area contributed by atoms with Crippen molar-refractivity contribution in [3.8, 4) is 0 Å². The summed E-state index contributed by atoms with van der Waals surface area (Å²) in [4.78, 5) is 17.3. The molecule has 3 nitrogen and oxygen atoms in total. The molecule has 1 radical (unpaired) electrons. The number of fused-ring (bicyclic) bond motifs is 1. The highest BCUT2D eigenvalue weighted by Gasteiger charge is 2.30. The molecular weight excluding hydrogens is 296 g/mol. The zero-order valence-electron chi connectivity index (χ0n) is 13.9. The van der Waals surface area contributed by atoms with Crippen LogP contribution in [0.5, 0.6) is 0 Å². The molecule has 2 aromatic rings. The average molecular weight is 319 g/mol. The molecule has 2 aromatic carbocycles. The van der Waals surface area contributed by atoms with Gasteiger partial charge in [-0.3, -0.25) is 4.79 Å². The van der Waals surface area contributed by atoms with Gasteiger partial charge in [0, 0.05) is 44.2 Å². The fourth-order valence-corrected chi connectivity index (χ4v) is 3.79. The standard InChI is InChI=1S/C21H23N2O/c24-21(19-11-10-17-6-4-5-7-18(17)16-19)23-14-12-22(13-15-23)20-8-2-1-3-9-20/h1-9,16,19H,10-15H2. The third kappa shape index (κ3) is 3.03. The SMILES string of the molecule is O=C(C1[CH]c2ccccc2CC1)N1CCN(c2ccccc2)CC1. The highest BCUT2D eigenvalue weighted by Crippen LogP contribution is 2.29. The van der Waals surface area contributed by atoms with Gasteiger partial charge < -0.3 is 9.80 Å². The summed E-state index contributed by atoms with van der Waals surface area (Å²) in [6, 6.07) is 18.9. The van der Waals surface area contributed by atoms with Crippen LogP contribution in [0.2, 0.25) is 0 Å². The number of carbonyl (C=O) groups is 1. The molecule has 123 valence electrons.